The van der Waals surface area contributed by atoms with E-state index in [1.54, 1.807) is 0 Å². The van der Waals surface area contributed by atoms with Gasteiger partial charge in [0.1, 0.15) is 13.2 Å². The normalized spacial score (nSPS) is 12.7. The van der Waals surface area contributed by atoms with Crippen molar-refractivity contribution in [2.75, 3.05) is 26.3 Å². The first kappa shape index (κ1) is 12.8. The molecule has 0 saturated heterocycles. The van der Waals surface area contributed by atoms with Gasteiger partial charge in [-0.25, -0.2) is 0 Å². The van der Waals surface area contributed by atoms with Gasteiger partial charge >= 0.3 is 0 Å². The van der Waals surface area contributed by atoms with E-state index in [2.05, 4.69) is 29.3 Å². The SMILES string of the molecule is CC#CCCNCCc1ccc2c(c1)OCCO2. The van der Waals surface area contributed by atoms with E-state index in [4.69, 9.17) is 9.47 Å². The largest absolute Gasteiger partial charge is 0.486 e. The van der Waals surface area contributed by atoms with Crippen molar-refractivity contribution in [1.29, 1.82) is 0 Å². The highest BCUT2D eigenvalue weighted by Gasteiger charge is 2.11. The number of benzene rings is 1. The Morgan fingerprint density at radius 2 is 2.00 bits per heavy atom. The van der Waals surface area contributed by atoms with Gasteiger partial charge in [-0.3, -0.25) is 0 Å². The van der Waals surface area contributed by atoms with Crippen molar-refractivity contribution < 1.29 is 9.47 Å². The summed E-state index contributed by atoms with van der Waals surface area (Å²) in [6, 6.07) is 6.16. The number of hydrogen-bond donors (Lipinski definition) is 1. The molecular formula is C15H19NO2. The fraction of sp³-hybridized carbons (Fsp3) is 0.467. The maximum atomic E-state index is 5.56. The predicted octanol–water partition coefficient (Wildman–Crippen LogP) is 2.00. The van der Waals surface area contributed by atoms with E-state index in [0.29, 0.717) is 13.2 Å². The van der Waals surface area contributed by atoms with Crippen LogP contribution in [0, 0.1) is 11.8 Å². The van der Waals surface area contributed by atoms with Crippen molar-refractivity contribution in [3.63, 3.8) is 0 Å². The molecule has 1 aromatic carbocycles. The van der Waals surface area contributed by atoms with Crippen LogP contribution in [0.4, 0.5) is 0 Å². The van der Waals surface area contributed by atoms with Crippen molar-refractivity contribution in [2.45, 2.75) is 19.8 Å². The zero-order valence-electron chi connectivity index (χ0n) is 10.8. The highest BCUT2D eigenvalue weighted by atomic mass is 16.6. The molecule has 0 spiro atoms. The van der Waals surface area contributed by atoms with Gasteiger partial charge in [0.15, 0.2) is 11.5 Å². The second-order valence-corrected chi connectivity index (χ2v) is 4.15. The van der Waals surface area contributed by atoms with Crippen LogP contribution in [0.1, 0.15) is 18.9 Å². The first-order chi connectivity index (χ1) is 8.90. The topological polar surface area (TPSA) is 30.5 Å². The van der Waals surface area contributed by atoms with Gasteiger partial charge in [-0.05, 0) is 37.6 Å². The lowest BCUT2D eigenvalue weighted by molar-refractivity contribution is 0.171. The predicted molar refractivity (Wildman–Crippen MR) is 72.1 cm³/mol. The fourth-order valence-electron chi connectivity index (χ4n) is 1.88. The van der Waals surface area contributed by atoms with Crippen molar-refractivity contribution in [1.82, 2.24) is 5.32 Å². The smallest absolute Gasteiger partial charge is 0.161 e. The number of hydrogen-bond acceptors (Lipinski definition) is 3. The Bertz CT molecular complexity index is 446. The van der Waals surface area contributed by atoms with E-state index in [1.165, 1.54) is 5.56 Å². The van der Waals surface area contributed by atoms with E-state index in [1.807, 2.05) is 13.0 Å². The van der Waals surface area contributed by atoms with Gasteiger partial charge in [0.2, 0.25) is 0 Å². The summed E-state index contributed by atoms with van der Waals surface area (Å²) in [5, 5.41) is 3.37. The van der Waals surface area contributed by atoms with Crippen LogP contribution in [0.15, 0.2) is 18.2 Å². The van der Waals surface area contributed by atoms with Crippen molar-refractivity contribution in [3.05, 3.63) is 23.8 Å². The van der Waals surface area contributed by atoms with Crippen LogP contribution in [0.3, 0.4) is 0 Å². The second kappa shape index (κ2) is 6.93. The van der Waals surface area contributed by atoms with E-state index >= 15 is 0 Å². The molecule has 1 heterocycles. The van der Waals surface area contributed by atoms with Crippen molar-refractivity contribution >= 4 is 0 Å². The molecule has 3 nitrogen and oxygen atoms in total. The quantitative estimate of drug-likeness (QED) is 0.636. The summed E-state index contributed by atoms with van der Waals surface area (Å²) in [7, 11) is 0. The zero-order chi connectivity index (χ0) is 12.6. The Hall–Kier alpha value is -1.66. The second-order valence-electron chi connectivity index (χ2n) is 4.15. The van der Waals surface area contributed by atoms with Gasteiger partial charge < -0.3 is 14.8 Å². The molecule has 0 unspecified atom stereocenters. The maximum absolute atomic E-state index is 5.56. The zero-order valence-corrected chi connectivity index (χ0v) is 10.8. The maximum Gasteiger partial charge on any atom is 0.161 e. The Morgan fingerprint density at radius 3 is 2.83 bits per heavy atom. The summed E-state index contributed by atoms with van der Waals surface area (Å²) in [5.74, 6) is 7.66. The molecule has 18 heavy (non-hydrogen) atoms. The van der Waals surface area contributed by atoms with Gasteiger partial charge in [-0.1, -0.05) is 6.07 Å². The number of rotatable bonds is 5. The third-order valence-electron chi connectivity index (χ3n) is 2.80. The van der Waals surface area contributed by atoms with Crippen LogP contribution in [-0.4, -0.2) is 26.3 Å². The van der Waals surface area contributed by atoms with Crippen LogP contribution in [0.25, 0.3) is 0 Å². The Balaban J connectivity index is 1.77. The Labute approximate surface area is 108 Å². The van der Waals surface area contributed by atoms with Crippen LogP contribution < -0.4 is 14.8 Å². The van der Waals surface area contributed by atoms with Gasteiger partial charge in [-0.15, -0.1) is 11.8 Å². The average Bonchev–Trinajstić information content (AvgIpc) is 2.42. The molecule has 96 valence electrons. The first-order valence-corrected chi connectivity index (χ1v) is 6.39. The molecule has 0 bridgehead atoms. The van der Waals surface area contributed by atoms with Gasteiger partial charge in [0, 0.05) is 13.0 Å². The van der Waals surface area contributed by atoms with Crippen LogP contribution in [-0.2, 0) is 6.42 Å². The molecule has 1 N–H and O–H groups in total. The summed E-state index contributed by atoms with van der Waals surface area (Å²) in [4.78, 5) is 0. The van der Waals surface area contributed by atoms with Crippen LogP contribution >= 0.6 is 0 Å². The monoisotopic (exact) mass is 245 g/mol. The number of nitrogens with one attached hydrogen (secondary N) is 1. The lowest BCUT2D eigenvalue weighted by Gasteiger charge is -2.18. The summed E-state index contributed by atoms with van der Waals surface area (Å²) in [6.07, 6.45) is 1.91. The minimum absolute atomic E-state index is 0.643. The third kappa shape index (κ3) is 3.68. The molecule has 0 fully saturated rings. The molecule has 0 amide bonds. The van der Waals surface area contributed by atoms with Crippen LogP contribution in [0.5, 0.6) is 11.5 Å². The molecule has 0 saturated carbocycles. The Morgan fingerprint density at radius 1 is 1.17 bits per heavy atom. The summed E-state index contributed by atoms with van der Waals surface area (Å²) >= 11 is 0. The molecule has 0 aromatic heterocycles. The molecule has 1 aliphatic rings. The first-order valence-electron chi connectivity index (χ1n) is 6.39. The van der Waals surface area contributed by atoms with Crippen LogP contribution in [0.2, 0.25) is 0 Å². The highest BCUT2D eigenvalue weighted by molar-refractivity contribution is 5.43. The summed E-state index contributed by atoms with van der Waals surface area (Å²) in [6.45, 7) is 5.07. The van der Waals surface area contributed by atoms with Gasteiger partial charge in [0.25, 0.3) is 0 Å². The molecule has 3 heteroatoms. The van der Waals surface area contributed by atoms with Crippen molar-refractivity contribution in [3.8, 4) is 23.3 Å². The van der Waals surface area contributed by atoms with E-state index < -0.39 is 0 Å². The summed E-state index contributed by atoms with van der Waals surface area (Å²) < 4.78 is 11.1. The van der Waals surface area contributed by atoms with E-state index in [-0.39, 0.29) is 0 Å². The minimum atomic E-state index is 0.643. The van der Waals surface area contributed by atoms with Gasteiger partial charge in [-0.2, -0.15) is 0 Å². The molecule has 1 aromatic rings. The molecule has 2 rings (SSSR count). The van der Waals surface area contributed by atoms with Gasteiger partial charge in [0.05, 0.1) is 0 Å². The standard InChI is InChI=1S/C15H19NO2/c1-2-3-4-8-16-9-7-13-5-6-14-15(12-13)18-11-10-17-14/h5-6,12,16H,4,7-11H2,1H3. The number of fused-ring (bicyclic) bond motifs is 1. The molecule has 0 radical (unpaired) electrons. The van der Waals surface area contributed by atoms with Crippen molar-refractivity contribution in [2.24, 2.45) is 0 Å². The Kier molecular flexibility index (Phi) is 4.92. The lowest BCUT2D eigenvalue weighted by atomic mass is 10.1. The fourth-order valence-corrected chi connectivity index (χ4v) is 1.88. The van der Waals surface area contributed by atoms with E-state index in [0.717, 1.165) is 37.4 Å². The lowest BCUT2D eigenvalue weighted by Crippen LogP contribution is -2.18. The third-order valence-corrected chi connectivity index (χ3v) is 2.80. The molecule has 1 aliphatic heterocycles. The number of ether oxygens (including phenoxy) is 2. The molecular weight excluding hydrogens is 226 g/mol. The highest BCUT2D eigenvalue weighted by Crippen LogP contribution is 2.30. The summed E-state index contributed by atoms with van der Waals surface area (Å²) in [5.41, 5.74) is 1.27. The molecule has 0 aliphatic carbocycles. The minimum Gasteiger partial charge on any atom is -0.486 e. The average molecular weight is 245 g/mol. The molecule has 0 atom stereocenters. The van der Waals surface area contributed by atoms with E-state index in [9.17, 15) is 0 Å².